The number of rotatable bonds is 5. The summed E-state index contributed by atoms with van der Waals surface area (Å²) in [7, 11) is 0. The molecule has 4 rings (SSSR count). The van der Waals surface area contributed by atoms with Crippen molar-refractivity contribution >= 4 is 17.3 Å². The van der Waals surface area contributed by atoms with Crippen molar-refractivity contribution in [3.63, 3.8) is 0 Å². The Balaban J connectivity index is 1.19. The molecule has 152 valence electrons. The fourth-order valence-electron chi connectivity index (χ4n) is 4.18. The van der Waals surface area contributed by atoms with Gasteiger partial charge in [-0.15, -0.1) is 0 Å². The summed E-state index contributed by atoms with van der Waals surface area (Å²) < 4.78 is 6.43. The first-order valence-electron chi connectivity index (χ1n) is 10.4. The Hall–Kier alpha value is -2.69. The Labute approximate surface area is 172 Å². The lowest BCUT2D eigenvalue weighted by Crippen LogP contribution is -2.42. The smallest absolute Gasteiger partial charge is 0.205 e. The van der Waals surface area contributed by atoms with E-state index in [1.54, 1.807) is 12.4 Å². The quantitative estimate of drug-likeness (QED) is 0.788. The van der Waals surface area contributed by atoms with Crippen LogP contribution in [0.2, 0.25) is 0 Å². The molecule has 0 aliphatic carbocycles. The third-order valence-corrected chi connectivity index (χ3v) is 5.80. The molecule has 2 aliphatic rings. The fraction of sp³-hybridized carbons (Fsp3) is 0.500. The Morgan fingerprint density at radius 1 is 1.03 bits per heavy atom. The van der Waals surface area contributed by atoms with E-state index in [0.717, 1.165) is 64.2 Å². The van der Waals surface area contributed by atoms with E-state index in [1.807, 2.05) is 24.3 Å². The minimum absolute atomic E-state index is 0.338. The van der Waals surface area contributed by atoms with Gasteiger partial charge in [-0.05, 0) is 49.4 Å². The highest BCUT2D eigenvalue weighted by molar-refractivity contribution is 5.49. The molecular weight excluding hydrogens is 364 g/mol. The molecule has 4 heterocycles. The highest BCUT2D eigenvalue weighted by Crippen LogP contribution is 2.25. The molecule has 0 aromatic carbocycles. The largest absolute Gasteiger partial charge is 0.384 e. The SMILES string of the molecule is [C-]#[N+]c1ccc(N2CCC(OC3CCN(Cc4ccnc(N)c4)CC3)CC2)nc1. The standard InChI is InChI=1S/C22H28N6O/c1-24-18-2-3-22(26-15-18)28-12-7-20(8-13-28)29-19-5-10-27(11-6-19)16-17-4-9-25-21(23)14-17/h2-4,9,14-15,19-20H,5-8,10-13,16H2,(H2,23,25). The van der Waals surface area contributed by atoms with Crippen LogP contribution in [0.15, 0.2) is 36.7 Å². The lowest BCUT2D eigenvalue weighted by Gasteiger charge is -2.37. The molecule has 2 aromatic rings. The van der Waals surface area contributed by atoms with Crippen molar-refractivity contribution in [1.29, 1.82) is 0 Å². The predicted octanol–water partition coefficient (Wildman–Crippen LogP) is 3.26. The van der Waals surface area contributed by atoms with Gasteiger partial charge in [-0.3, -0.25) is 9.88 Å². The van der Waals surface area contributed by atoms with Gasteiger partial charge in [-0.2, -0.15) is 0 Å². The summed E-state index contributed by atoms with van der Waals surface area (Å²) in [6.07, 6.45) is 8.36. The van der Waals surface area contributed by atoms with Crippen molar-refractivity contribution < 1.29 is 4.74 Å². The van der Waals surface area contributed by atoms with Crippen molar-refractivity contribution in [2.24, 2.45) is 0 Å². The maximum Gasteiger partial charge on any atom is 0.205 e. The maximum absolute atomic E-state index is 7.03. The Bertz CT molecular complexity index is 833. The highest BCUT2D eigenvalue weighted by atomic mass is 16.5. The first kappa shape index (κ1) is 19.6. The van der Waals surface area contributed by atoms with Crippen LogP contribution in [0.25, 0.3) is 4.85 Å². The number of likely N-dealkylation sites (tertiary alicyclic amines) is 1. The van der Waals surface area contributed by atoms with E-state index in [1.165, 1.54) is 5.56 Å². The number of nitrogens with zero attached hydrogens (tertiary/aromatic N) is 5. The molecule has 0 radical (unpaired) electrons. The molecule has 0 atom stereocenters. The van der Waals surface area contributed by atoms with E-state index < -0.39 is 0 Å². The Morgan fingerprint density at radius 3 is 2.38 bits per heavy atom. The minimum atomic E-state index is 0.338. The van der Waals surface area contributed by atoms with Crippen molar-refractivity contribution in [3.8, 4) is 0 Å². The molecule has 2 aromatic heterocycles. The maximum atomic E-state index is 7.03. The number of hydrogen-bond acceptors (Lipinski definition) is 6. The van der Waals surface area contributed by atoms with Gasteiger partial charge in [0.25, 0.3) is 0 Å². The van der Waals surface area contributed by atoms with E-state index in [9.17, 15) is 0 Å². The van der Waals surface area contributed by atoms with E-state index in [-0.39, 0.29) is 0 Å². The number of nitrogens with two attached hydrogens (primary N) is 1. The van der Waals surface area contributed by atoms with Crippen LogP contribution >= 0.6 is 0 Å². The van der Waals surface area contributed by atoms with Gasteiger partial charge in [-0.1, -0.05) is 6.07 Å². The highest BCUT2D eigenvalue weighted by Gasteiger charge is 2.26. The zero-order chi connectivity index (χ0) is 20.1. The molecule has 0 saturated carbocycles. The van der Waals surface area contributed by atoms with Crippen molar-refractivity contribution in [3.05, 3.63) is 53.6 Å². The van der Waals surface area contributed by atoms with Crippen molar-refractivity contribution in [2.75, 3.05) is 36.8 Å². The molecule has 0 unspecified atom stereocenters. The summed E-state index contributed by atoms with van der Waals surface area (Å²) in [4.78, 5) is 16.6. The molecule has 2 fully saturated rings. The minimum Gasteiger partial charge on any atom is -0.384 e. The number of piperidine rings is 2. The second-order valence-corrected chi connectivity index (χ2v) is 7.87. The van der Waals surface area contributed by atoms with Crippen LogP contribution in [0.4, 0.5) is 17.3 Å². The molecule has 2 N–H and O–H groups in total. The third-order valence-electron chi connectivity index (χ3n) is 5.80. The Morgan fingerprint density at radius 2 is 1.76 bits per heavy atom. The first-order chi connectivity index (χ1) is 14.2. The van der Waals surface area contributed by atoms with E-state index in [2.05, 4.69) is 24.6 Å². The topological polar surface area (TPSA) is 71.9 Å². The van der Waals surface area contributed by atoms with Gasteiger partial charge in [0.1, 0.15) is 11.6 Å². The van der Waals surface area contributed by atoms with E-state index in [4.69, 9.17) is 17.0 Å². The second kappa shape index (κ2) is 9.21. The summed E-state index contributed by atoms with van der Waals surface area (Å²) >= 11 is 0. The van der Waals surface area contributed by atoms with Crippen molar-refractivity contribution in [2.45, 2.75) is 44.4 Å². The van der Waals surface area contributed by atoms with Gasteiger partial charge in [0.2, 0.25) is 5.69 Å². The predicted molar refractivity (Wildman–Crippen MR) is 114 cm³/mol. The molecular formula is C22H28N6O. The fourth-order valence-corrected chi connectivity index (χ4v) is 4.18. The lowest BCUT2D eigenvalue weighted by atomic mass is 10.0. The molecule has 7 nitrogen and oxygen atoms in total. The number of hydrogen-bond donors (Lipinski definition) is 1. The van der Waals surface area contributed by atoms with Gasteiger partial charge in [-0.25, -0.2) is 9.83 Å². The average molecular weight is 393 g/mol. The van der Waals surface area contributed by atoms with Crippen LogP contribution in [0.5, 0.6) is 0 Å². The first-order valence-corrected chi connectivity index (χ1v) is 10.4. The number of pyridine rings is 2. The average Bonchev–Trinajstić information content (AvgIpc) is 2.76. The third kappa shape index (κ3) is 5.22. The normalized spacial score (nSPS) is 19.2. The number of anilines is 2. The van der Waals surface area contributed by atoms with Crippen LogP contribution in [0, 0.1) is 6.57 Å². The monoisotopic (exact) mass is 392 g/mol. The number of ether oxygens (including phenoxy) is 1. The molecule has 7 heteroatoms. The summed E-state index contributed by atoms with van der Waals surface area (Å²) in [5.74, 6) is 1.55. The van der Waals surface area contributed by atoms with E-state index >= 15 is 0 Å². The number of aromatic nitrogens is 2. The molecule has 0 amide bonds. The van der Waals surface area contributed by atoms with Gasteiger partial charge in [0.05, 0.1) is 18.8 Å². The van der Waals surface area contributed by atoms with Crippen LogP contribution in [0.1, 0.15) is 31.2 Å². The van der Waals surface area contributed by atoms with E-state index in [0.29, 0.717) is 23.7 Å². The molecule has 0 bridgehead atoms. The summed E-state index contributed by atoms with van der Waals surface area (Å²) in [6, 6.07) is 7.78. The van der Waals surface area contributed by atoms with Gasteiger partial charge in [0, 0.05) is 45.1 Å². The molecule has 2 aliphatic heterocycles. The zero-order valence-electron chi connectivity index (χ0n) is 16.7. The van der Waals surface area contributed by atoms with Gasteiger partial charge in [0.15, 0.2) is 0 Å². The van der Waals surface area contributed by atoms with Crippen molar-refractivity contribution in [1.82, 2.24) is 14.9 Å². The Kier molecular flexibility index (Phi) is 6.23. The summed E-state index contributed by atoms with van der Waals surface area (Å²) in [6.45, 7) is 12.0. The molecule has 0 spiro atoms. The van der Waals surface area contributed by atoms with Crippen LogP contribution in [-0.4, -0.2) is 53.3 Å². The van der Waals surface area contributed by atoms with Gasteiger partial charge >= 0.3 is 0 Å². The van der Waals surface area contributed by atoms with Crippen LogP contribution < -0.4 is 10.6 Å². The lowest BCUT2D eigenvalue weighted by molar-refractivity contribution is -0.0518. The number of nitrogen functional groups attached to an aromatic ring is 1. The molecule has 2 saturated heterocycles. The second-order valence-electron chi connectivity index (χ2n) is 7.87. The van der Waals surface area contributed by atoms with Crippen LogP contribution in [-0.2, 0) is 11.3 Å². The van der Waals surface area contributed by atoms with Gasteiger partial charge < -0.3 is 15.4 Å². The summed E-state index contributed by atoms with van der Waals surface area (Å²) in [5.41, 5.74) is 7.59. The zero-order valence-corrected chi connectivity index (χ0v) is 16.7. The summed E-state index contributed by atoms with van der Waals surface area (Å²) in [5, 5.41) is 0. The van der Waals surface area contributed by atoms with Crippen LogP contribution in [0.3, 0.4) is 0 Å². The molecule has 29 heavy (non-hydrogen) atoms.